The first-order valence-electron chi connectivity index (χ1n) is 7.12. The predicted molar refractivity (Wildman–Crippen MR) is 82.8 cm³/mol. The van der Waals surface area contributed by atoms with Gasteiger partial charge in [-0.25, -0.2) is 9.97 Å². The van der Waals surface area contributed by atoms with Gasteiger partial charge in [0.05, 0.1) is 18.2 Å². The zero-order valence-corrected chi connectivity index (χ0v) is 11.6. The van der Waals surface area contributed by atoms with Crippen molar-refractivity contribution in [3.63, 3.8) is 0 Å². The molecule has 1 aliphatic rings. The molecule has 2 aromatic heterocycles. The maximum Gasteiger partial charge on any atom is 0.132 e. The molecule has 0 spiro atoms. The molecule has 4 rings (SSSR count). The highest BCUT2D eigenvalue weighted by atomic mass is 15.1. The van der Waals surface area contributed by atoms with Crippen molar-refractivity contribution in [3.05, 3.63) is 66.2 Å². The van der Waals surface area contributed by atoms with Gasteiger partial charge in [0.1, 0.15) is 5.82 Å². The number of nitrogens with zero attached hydrogens (tertiary/aromatic N) is 3. The maximum absolute atomic E-state index is 5.98. The third-order valence-electron chi connectivity index (χ3n) is 4.21. The fourth-order valence-corrected chi connectivity index (χ4v) is 3.09. The van der Waals surface area contributed by atoms with E-state index in [0.717, 1.165) is 24.2 Å². The summed E-state index contributed by atoms with van der Waals surface area (Å²) in [5.74, 6) is 1.11. The van der Waals surface area contributed by atoms with Gasteiger partial charge in [0.25, 0.3) is 0 Å². The van der Waals surface area contributed by atoms with Gasteiger partial charge in [-0.3, -0.25) is 0 Å². The van der Waals surface area contributed by atoms with Crippen molar-refractivity contribution in [1.29, 1.82) is 0 Å². The summed E-state index contributed by atoms with van der Waals surface area (Å²) in [6.45, 7) is 0.931. The topological polar surface area (TPSA) is 56.7 Å². The van der Waals surface area contributed by atoms with Crippen LogP contribution in [0.2, 0.25) is 0 Å². The monoisotopic (exact) mass is 276 g/mol. The number of benzene rings is 1. The number of aromatic nitrogens is 3. The summed E-state index contributed by atoms with van der Waals surface area (Å²) in [5.41, 5.74) is 10.9. The molecule has 2 heterocycles. The number of nitrogens with two attached hydrogens (primary N) is 1. The van der Waals surface area contributed by atoms with Gasteiger partial charge in [-0.15, -0.1) is 0 Å². The minimum atomic E-state index is 0.549. The first-order chi connectivity index (χ1) is 10.3. The first-order valence-corrected chi connectivity index (χ1v) is 7.12. The van der Waals surface area contributed by atoms with Crippen LogP contribution in [0.15, 0.2) is 55.1 Å². The van der Waals surface area contributed by atoms with Crippen molar-refractivity contribution < 1.29 is 0 Å². The van der Waals surface area contributed by atoms with E-state index in [2.05, 4.69) is 38.8 Å². The minimum Gasteiger partial charge on any atom is -0.383 e. The number of nitrogen functional groups attached to an aromatic ring is 1. The Morgan fingerprint density at radius 1 is 1.19 bits per heavy atom. The van der Waals surface area contributed by atoms with E-state index in [0.29, 0.717) is 11.7 Å². The van der Waals surface area contributed by atoms with Crippen molar-refractivity contribution in [3.8, 4) is 11.3 Å². The third kappa shape index (κ3) is 2.00. The van der Waals surface area contributed by atoms with E-state index in [1.807, 2.05) is 24.7 Å². The Labute approximate surface area is 123 Å². The molecule has 21 heavy (non-hydrogen) atoms. The van der Waals surface area contributed by atoms with E-state index in [-0.39, 0.29) is 0 Å². The van der Waals surface area contributed by atoms with Crippen molar-refractivity contribution >= 4 is 5.82 Å². The summed E-state index contributed by atoms with van der Waals surface area (Å²) in [6.07, 6.45) is 6.58. The Kier molecular flexibility index (Phi) is 2.74. The van der Waals surface area contributed by atoms with Crippen LogP contribution < -0.4 is 5.73 Å². The van der Waals surface area contributed by atoms with Crippen LogP contribution in [0.5, 0.6) is 0 Å². The second kappa shape index (κ2) is 4.74. The number of pyridine rings is 1. The molecule has 1 aliphatic carbocycles. The number of fused-ring (bicyclic) bond motifs is 1. The Morgan fingerprint density at radius 2 is 2.10 bits per heavy atom. The second-order valence-corrected chi connectivity index (χ2v) is 5.47. The van der Waals surface area contributed by atoms with Gasteiger partial charge in [0.15, 0.2) is 0 Å². The highest BCUT2D eigenvalue weighted by Crippen LogP contribution is 2.37. The quantitative estimate of drug-likeness (QED) is 0.800. The summed E-state index contributed by atoms with van der Waals surface area (Å²) >= 11 is 0. The fraction of sp³-hybridized carbons (Fsp3) is 0.176. The molecule has 0 saturated carbocycles. The molecule has 2 N–H and O–H groups in total. The van der Waals surface area contributed by atoms with Crippen LogP contribution in [0.4, 0.5) is 5.82 Å². The average molecular weight is 276 g/mol. The normalized spacial score (nSPS) is 16.3. The van der Waals surface area contributed by atoms with Gasteiger partial charge in [0, 0.05) is 24.2 Å². The molecule has 3 aromatic rings. The Bertz CT molecular complexity index is 791. The molecular formula is C17H16N4. The molecule has 0 amide bonds. The van der Waals surface area contributed by atoms with Gasteiger partial charge < -0.3 is 10.3 Å². The van der Waals surface area contributed by atoms with Crippen LogP contribution in [0.25, 0.3) is 11.3 Å². The number of hydrogen-bond donors (Lipinski definition) is 1. The second-order valence-electron chi connectivity index (χ2n) is 5.47. The number of rotatable bonds is 3. The molecule has 0 bridgehead atoms. The molecule has 104 valence electrons. The van der Waals surface area contributed by atoms with Gasteiger partial charge in [-0.05, 0) is 29.7 Å². The Morgan fingerprint density at radius 3 is 2.95 bits per heavy atom. The zero-order valence-electron chi connectivity index (χ0n) is 11.6. The molecule has 4 nitrogen and oxygen atoms in total. The van der Waals surface area contributed by atoms with E-state index >= 15 is 0 Å². The third-order valence-corrected chi connectivity index (χ3v) is 4.21. The molecule has 1 atom stereocenters. The standard InChI is InChI=1S/C17H16N4/c18-17-15(6-3-7-20-17)16-9-19-11-21(16)10-13-8-12-4-1-2-5-14(12)13/h1-7,9,11,13H,8,10H2,(H2,18,20). The molecule has 0 aliphatic heterocycles. The molecule has 1 aromatic carbocycles. The molecule has 1 unspecified atom stereocenters. The van der Waals surface area contributed by atoms with Crippen LogP contribution in [0.3, 0.4) is 0 Å². The van der Waals surface area contributed by atoms with Crippen molar-refractivity contribution in [1.82, 2.24) is 14.5 Å². The predicted octanol–water partition coefficient (Wildman–Crippen LogP) is 2.87. The summed E-state index contributed by atoms with van der Waals surface area (Å²) in [7, 11) is 0. The van der Waals surface area contributed by atoms with E-state index in [9.17, 15) is 0 Å². The fourth-order valence-electron chi connectivity index (χ4n) is 3.09. The van der Waals surface area contributed by atoms with Crippen LogP contribution in [0, 0.1) is 0 Å². The van der Waals surface area contributed by atoms with E-state index < -0.39 is 0 Å². The van der Waals surface area contributed by atoms with Crippen LogP contribution in [-0.4, -0.2) is 14.5 Å². The first kappa shape index (κ1) is 12.1. The lowest BCUT2D eigenvalue weighted by molar-refractivity contribution is 0.511. The zero-order chi connectivity index (χ0) is 14.2. The minimum absolute atomic E-state index is 0.549. The number of hydrogen-bond acceptors (Lipinski definition) is 3. The van der Waals surface area contributed by atoms with Gasteiger partial charge in [0.2, 0.25) is 0 Å². The molecule has 0 fully saturated rings. The lowest BCUT2D eigenvalue weighted by Crippen LogP contribution is -2.22. The van der Waals surface area contributed by atoms with Gasteiger partial charge in [-0.1, -0.05) is 24.3 Å². The summed E-state index contributed by atoms with van der Waals surface area (Å²) in [6, 6.07) is 12.5. The van der Waals surface area contributed by atoms with Crippen molar-refractivity contribution in [2.24, 2.45) is 0 Å². The molecular weight excluding hydrogens is 260 g/mol. The molecule has 4 heteroatoms. The summed E-state index contributed by atoms with van der Waals surface area (Å²) in [5, 5.41) is 0. The lowest BCUT2D eigenvalue weighted by atomic mass is 9.77. The summed E-state index contributed by atoms with van der Waals surface area (Å²) in [4.78, 5) is 8.45. The van der Waals surface area contributed by atoms with Gasteiger partial charge in [-0.2, -0.15) is 0 Å². The highest BCUT2D eigenvalue weighted by Gasteiger charge is 2.26. The van der Waals surface area contributed by atoms with E-state index in [4.69, 9.17) is 5.73 Å². The Balaban J connectivity index is 1.64. The average Bonchev–Trinajstić information content (AvgIpc) is 2.93. The number of imidazole rings is 1. The number of anilines is 1. The maximum atomic E-state index is 5.98. The van der Waals surface area contributed by atoms with Crippen LogP contribution in [0.1, 0.15) is 17.0 Å². The summed E-state index contributed by atoms with van der Waals surface area (Å²) < 4.78 is 2.17. The van der Waals surface area contributed by atoms with E-state index in [1.165, 1.54) is 11.1 Å². The highest BCUT2D eigenvalue weighted by molar-refractivity contribution is 5.70. The van der Waals surface area contributed by atoms with Crippen molar-refractivity contribution in [2.75, 3.05) is 5.73 Å². The smallest absolute Gasteiger partial charge is 0.132 e. The molecule has 0 radical (unpaired) electrons. The lowest BCUT2D eigenvalue weighted by Gasteiger charge is -2.30. The van der Waals surface area contributed by atoms with Crippen molar-refractivity contribution in [2.45, 2.75) is 18.9 Å². The largest absolute Gasteiger partial charge is 0.383 e. The van der Waals surface area contributed by atoms with E-state index in [1.54, 1.807) is 6.20 Å². The molecule has 0 saturated heterocycles. The van der Waals surface area contributed by atoms with Gasteiger partial charge >= 0.3 is 0 Å². The Hall–Kier alpha value is -2.62. The SMILES string of the molecule is Nc1ncccc1-c1cncn1CC1Cc2ccccc21. The van der Waals surface area contributed by atoms with Crippen LogP contribution >= 0.6 is 0 Å². The van der Waals surface area contributed by atoms with Crippen LogP contribution in [-0.2, 0) is 13.0 Å².